The van der Waals surface area contributed by atoms with Gasteiger partial charge in [0.2, 0.25) is 5.88 Å². The van der Waals surface area contributed by atoms with Crippen molar-refractivity contribution in [2.75, 3.05) is 13.2 Å². The number of benzene rings is 1. The zero-order valence-electron chi connectivity index (χ0n) is 13.5. The predicted molar refractivity (Wildman–Crippen MR) is 88.7 cm³/mol. The van der Waals surface area contributed by atoms with Crippen LogP contribution in [0, 0.1) is 0 Å². The number of carboxylic acids is 1. The highest BCUT2D eigenvalue weighted by Gasteiger charge is 2.18. The van der Waals surface area contributed by atoms with Gasteiger partial charge in [0.1, 0.15) is 6.10 Å². The lowest BCUT2D eigenvalue weighted by molar-refractivity contribution is 0.0696. The van der Waals surface area contributed by atoms with E-state index in [0.717, 1.165) is 12.0 Å². The van der Waals surface area contributed by atoms with E-state index in [0.29, 0.717) is 31.2 Å². The van der Waals surface area contributed by atoms with E-state index in [1.54, 1.807) is 24.3 Å². The van der Waals surface area contributed by atoms with Crippen LogP contribution in [-0.4, -0.2) is 41.3 Å². The van der Waals surface area contributed by atoms with Crippen LogP contribution in [0.15, 0.2) is 42.6 Å². The number of aromatic carboxylic acids is 1. The minimum Gasteiger partial charge on any atom is -0.478 e. The van der Waals surface area contributed by atoms with Crippen molar-refractivity contribution in [2.24, 2.45) is 0 Å². The maximum absolute atomic E-state index is 12.3. The Labute approximate surface area is 144 Å². The molecule has 0 unspecified atom stereocenters. The molecule has 0 saturated carbocycles. The van der Waals surface area contributed by atoms with Gasteiger partial charge in [0.15, 0.2) is 0 Å². The predicted octanol–water partition coefficient (Wildman–Crippen LogP) is 1.88. The molecule has 7 heteroatoms. The minimum atomic E-state index is -0.979. The summed E-state index contributed by atoms with van der Waals surface area (Å²) in [6.07, 6.45) is 2.31. The Morgan fingerprint density at radius 2 is 2.04 bits per heavy atom. The molecule has 1 aliphatic rings. The van der Waals surface area contributed by atoms with Crippen LogP contribution < -0.4 is 10.1 Å². The second kappa shape index (κ2) is 7.76. The molecule has 0 radical (unpaired) electrons. The van der Waals surface area contributed by atoms with Crippen LogP contribution in [-0.2, 0) is 11.3 Å². The van der Waals surface area contributed by atoms with Gasteiger partial charge in [-0.3, -0.25) is 4.79 Å². The highest BCUT2D eigenvalue weighted by Crippen LogP contribution is 2.15. The lowest BCUT2D eigenvalue weighted by atomic mass is 10.1. The summed E-state index contributed by atoms with van der Waals surface area (Å²) >= 11 is 0. The van der Waals surface area contributed by atoms with Crippen molar-refractivity contribution in [3.63, 3.8) is 0 Å². The summed E-state index contributed by atoms with van der Waals surface area (Å²) in [6, 6.07) is 9.57. The normalized spacial score (nSPS) is 16.4. The Balaban J connectivity index is 1.58. The number of nitrogens with one attached hydrogen (secondary N) is 1. The summed E-state index contributed by atoms with van der Waals surface area (Å²) in [4.78, 5) is 27.2. The quantitative estimate of drug-likeness (QED) is 0.832. The Hall–Kier alpha value is -2.93. The van der Waals surface area contributed by atoms with Gasteiger partial charge in [-0.1, -0.05) is 12.1 Å². The molecule has 0 bridgehead atoms. The first-order chi connectivity index (χ1) is 12.1. The van der Waals surface area contributed by atoms with Crippen molar-refractivity contribution in [1.82, 2.24) is 10.3 Å². The van der Waals surface area contributed by atoms with E-state index in [4.69, 9.17) is 14.6 Å². The molecule has 1 atom stereocenters. The summed E-state index contributed by atoms with van der Waals surface area (Å²) in [5, 5.41) is 11.7. The summed E-state index contributed by atoms with van der Waals surface area (Å²) < 4.78 is 10.9. The van der Waals surface area contributed by atoms with Crippen molar-refractivity contribution in [3.8, 4) is 5.88 Å². The standard InChI is InChI=1S/C18H18N2O5/c21-17(20-10-12-1-3-13(4-2-12)18(22)23)14-5-7-19-16(9-14)25-15-6-8-24-11-15/h1-5,7,9,15H,6,8,10-11H2,(H,20,21)(H,22,23)/t15-/m1/s1. The largest absolute Gasteiger partial charge is 0.478 e. The molecule has 1 amide bonds. The molecule has 1 saturated heterocycles. The number of amides is 1. The average molecular weight is 342 g/mol. The first kappa shape index (κ1) is 16.9. The fourth-order valence-electron chi connectivity index (χ4n) is 2.44. The van der Waals surface area contributed by atoms with Gasteiger partial charge >= 0.3 is 5.97 Å². The molecule has 0 spiro atoms. The molecule has 2 aromatic rings. The van der Waals surface area contributed by atoms with Crippen LogP contribution in [0.1, 0.15) is 32.7 Å². The van der Waals surface area contributed by atoms with Crippen molar-refractivity contribution in [3.05, 3.63) is 59.3 Å². The van der Waals surface area contributed by atoms with Gasteiger partial charge in [-0.05, 0) is 23.8 Å². The summed E-state index contributed by atoms with van der Waals surface area (Å²) in [5.41, 5.74) is 1.47. The number of carbonyl (C=O) groups is 2. The monoisotopic (exact) mass is 342 g/mol. The Bertz CT molecular complexity index is 754. The molecular formula is C18H18N2O5. The molecule has 7 nitrogen and oxygen atoms in total. The summed E-state index contributed by atoms with van der Waals surface area (Å²) in [6.45, 7) is 1.50. The molecule has 1 aliphatic heterocycles. The van der Waals surface area contributed by atoms with E-state index < -0.39 is 5.97 Å². The third kappa shape index (κ3) is 4.54. The SMILES string of the molecule is O=C(O)c1ccc(CNC(=O)c2ccnc(O[C@@H]3CCOC3)c2)cc1. The van der Waals surface area contributed by atoms with Gasteiger partial charge in [0.25, 0.3) is 5.91 Å². The summed E-state index contributed by atoms with van der Waals surface area (Å²) in [5.74, 6) is -0.834. The maximum Gasteiger partial charge on any atom is 0.335 e. The number of carbonyl (C=O) groups excluding carboxylic acids is 1. The average Bonchev–Trinajstić information content (AvgIpc) is 3.13. The van der Waals surface area contributed by atoms with Crippen molar-refractivity contribution in [1.29, 1.82) is 0 Å². The fraction of sp³-hybridized carbons (Fsp3) is 0.278. The number of aromatic nitrogens is 1. The lowest BCUT2D eigenvalue weighted by Gasteiger charge is -2.11. The Morgan fingerprint density at radius 3 is 2.72 bits per heavy atom. The van der Waals surface area contributed by atoms with Gasteiger partial charge in [0, 0.05) is 30.8 Å². The fourth-order valence-corrected chi connectivity index (χ4v) is 2.44. The highest BCUT2D eigenvalue weighted by molar-refractivity contribution is 5.94. The zero-order valence-corrected chi connectivity index (χ0v) is 13.5. The van der Waals surface area contributed by atoms with Crippen LogP contribution in [0.3, 0.4) is 0 Å². The van der Waals surface area contributed by atoms with Crippen LogP contribution in [0.2, 0.25) is 0 Å². The highest BCUT2D eigenvalue weighted by atomic mass is 16.5. The van der Waals surface area contributed by atoms with E-state index in [9.17, 15) is 9.59 Å². The smallest absolute Gasteiger partial charge is 0.335 e. The molecule has 1 aromatic carbocycles. The summed E-state index contributed by atoms with van der Waals surface area (Å²) in [7, 11) is 0. The number of pyridine rings is 1. The van der Waals surface area contributed by atoms with Crippen LogP contribution >= 0.6 is 0 Å². The first-order valence-electron chi connectivity index (χ1n) is 7.93. The third-order valence-electron chi connectivity index (χ3n) is 3.83. The molecule has 2 N–H and O–H groups in total. The van der Waals surface area contributed by atoms with E-state index in [-0.39, 0.29) is 17.6 Å². The number of rotatable bonds is 6. The molecule has 130 valence electrons. The number of carboxylic acid groups (broad SMARTS) is 1. The molecule has 1 aromatic heterocycles. The maximum atomic E-state index is 12.3. The molecule has 2 heterocycles. The van der Waals surface area contributed by atoms with Crippen LogP contribution in [0.5, 0.6) is 5.88 Å². The van der Waals surface area contributed by atoms with Crippen molar-refractivity contribution in [2.45, 2.75) is 19.1 Å². The number of ether oxygens (including phenoxy) is 2. The van der Waals surface area contributed by atoms with Gasteiger partial charge in [-0.2, -0.15) is 0 Å². The molecule has 0 aliphatic carbocycles. The minimum absolute atomic E-state index is 0.0291. The number of nitrogens with zero attached hydrogens (tertiary/aromatic N) is 1. The zero-order chi connectivity index (χ0) is 17.6. The number of hydrogen-bond donors (Lipinski definition) is 2. The van der Waals surface area contributed by atoms with Crippen molar-refractivity contribution < 1.29 is 24.2 Å². The number of hydrogen-bond acceptors (Lipinski definition) is 5. The Kier molecular flexibility index (Phi) is 5.25. The second-order valence-electron chi connectivity index (χ2n) is 5.67. The van der Waals surface area contributed by atoms with E-state index in [2.05, 4.69) is 10.3 Å². The van der Waals surface area contributed by atoms with Gasteiger partial charge in [-0.25, -0.2) is 9.78 Å². The first-order valence-corrected chi connectivity index (χ1v) is 7.93. The van der Waals surface area contributed by atoms with Gasteiger partial charge < -0.3 is 19.9 Å². The van der Waals surface area contributed by atoms with Crippen LogP contribution in [0.4, 0.5) is 0 Å². The topological polar surface area (TPSA) is 97.8 Å². The molecular weight excluding hydrogens is 324 g/mol. The van der Waals surface area contributed by atoms with E-state index in [1.807, 2.05) is 0 Å². The molecule has 25 heavy (non-hydrogen) atoms. The second-order valence-corrected chi connectivity index (χ2v) is 5.67. The van der Waals surface area contributed by atoms with Gasteiger partial charge in [-0.15, -0.1) is 0 Å². The molecule has 1 fully saturated rings. The Morgan fingerprint density at radius 1 is 1.24 bits per heavy atom. The van der Waals surface area contributed by atoms with Gasteiger partial charge in [0.05, 0.1) is 18.8 Å². The van der Waals surface area contributed by atoms with E-state index in [1.165, 1.54) is 18.3 Å². The lowest BCUT2D eigenvalue weighted by Crippen LogP contribution is -2.23. The molecule has 3 rings (SSSR count). The third-order valence-corrected chi connectivity index (χ3v) is 3.83. The van der Waals surface area contributed by atoms with Crippen molar-refractivity contribution >= 4 is 11.9 Å². The van der Waals surface area contributed by atoms with Crippen LogP contribution in [0.25, 0.3) is 0 Å². The van der Waals surface area contributed by atoms with E-state index >= 15 is 0 Å².